The van der Waals surface area contributed by atoms with Crippen LogP contribution in [0.25, 0.3) is 0 Å². The third-order valence-corrected chi connectivity index (χ3v) is 9.19. The molecule has 0 N–H and O–H groups in total. The zero-order valence-corrected chi connectivity index (χ0v) is 27.6. The van der Waals surface area contributed by atoms with Crippen LogP contribution in [-0.4, -0.2) is 47.8 Å². The van der Waals surface area contributed by atoms with E-state index in [1.165, 1.54) is 64.2 Å². The summed E-state index contributed by atoms with van der Waals surface area (Å²) in [6.07, 6.45) is 12.3. The Morgan fingerprint density at radius 2 is 0.579 bits per heavy atom. The van der Waals surface area contributed by atoms with Gasteiger partial charge in [-0.1, -0.05) is 142 Å². The third kappa shape index (κ3) is 9.42. The Balaban J connectivity index is 0. The summed E-state index contributed by atoms with van der Waals surface area (Å²) in [7, 11) is 0. The molecule has 38 heavy (non-hydrogen) atoms. The van der Waals surface area contributed by atoms with E-state index >= 15 is 0 Å². The molecule has 0 saturated carbocycles. The van der Waals surface area contributed by atoms with Crippen LogP contribution in [0.15, 0.2) is 6.07 Å². The molecule has 2 heteroatoms. The second kappa shape index (κ2) is 15.9. The van der Waals surface area contributed by atoms with Crippen molar-refractivity contribution in [1.82, 2.24) is 0 Å². The average molecular weight is 744 g/mol. The van der Waals surface area contributed by atoms with Gasteiger partial charge in [0.15, 0.2) is 0 Å². The van der Waals surface area contributed by atoms with E-state index in [9.17, 15) is 0 Å². The van der Waals surface area contributed by atoms with Gasteiger partial charge in [0.2, 0.25) is 0 Å². The van der Waals surface area contributed by atoms with Crippen molar-refractivity contribution in [3.05, 3.63) is 33.9 Å². The summed E-state index contributed by atoms with van der Waals surface area (Å²) < 4.78 is 0. The van der Waals surface area contributed by atoms with E-state index in [4.69, 9.17) is 0 Å². The van der Waals surface area contributed by atoms with E-state index < -0.39 is 0 Å². The summed E-state index contributed by atoms with van der Waals surface area (Å²) >= 11 is 0. The van der Waals surface area contributed by atoms with Crippen LogP contribution in [-0.2, 0) is 27.1 Å². The van der Waals surface area contributed by atoms with Crippen molar-refractivity contribution >= 4 is 47.8 Å². The molecule has 0 saturated heterocycles. The molecule has 0 aromatic heterocycles. The van der Waals surface area contributed by atoms with Gasteiger partial charge < -0.3 is 0 Å². The quantitative estimate of drug-likeness (QED) is 0.157. The first-order chi connectivity index (χ1) is 16.4. The van der Waals surface area contributed by atoms with Gasteiger partial charge in [-0.25, -0.2) is 0 Å². The van der Waals surface area contributed by atoms with E-state index in [1.807, 2.05) is 0 Å². The molecule has 0 heterocycles. The van der Waals surface area contributed by atoms with Crippen LogP contribution in [0.5, 0.6) is 0 Å². The predicted molar refractivity (Wildman–Crippen MR) is 189 cm³/mol. The Hall–Kier alpha value is 0.817. The summed E-state index contributed by atoms with van der Waals surface area (Å²) in [5, 5.41) is 0. The molecule has 0 spiro atoms. The first kappa shape index (κ1) is 41.0. The second-order valence-electron chi connectivity index (χ2n) is 15.3. The Morgan fingerprint density at radius 1 is 0.368 bits per heavy atom. The van der Waals surface area contributed by atoms with Crippen molar-refractivity contribution in [2.45, 2.75) is 195 Å². The number of rotatable bonds is 15. The zero-order chi connectivity index (χ0) is 28.2. The van der Waals surface area contributed by atoms with Crippen molar-refractivity contribution in [3.8, 4) is 0 Å². The molecule has 1 aromatic rings. The molecule has 0 atom stereocenters. The van der Waals surface area contributed by atoms with Crippen LogP contribution in [0.3, 0.4) is 0 Å². The summed E-state index contributed by atoms with van der Waals surface area (Å²) in [6, 6.07) is 2.75. The normalized spacial score (nSPS) is 13.2. The van der Waals surface area contributed by atoms with E-state index in [0.29, 0.717) is 0 Å². The second-order valence-corrected chi connectivity index (χ2v) is 15.3. The van der Waals surface area contributed by atoms with Crippen LogP contribution < -0.4 is 0 Å². The van der Waals surface area contributed by atoms with Crippen LogP contribution in [0, 0.1) is 0 Å². The molecule has 0 radical (unpaired) electrons. The van der Waals surface area contributed by atoms with Crippen molar-refractivity contribution in [2.24, 2.45) is 0 Å². The van der Waals surface area contributed by atoms with Crippen LogP contribution in [0.2, 0.25) is 0 Å². The molecule has 0 nitrogen and oxygen atoms in total. The number of hydrogen-bond donors (Lipinski definition) is 0. The van der Waals surface area contributed by atoms with Crippen LogP contribution in [0.1, 0.15) is 196 Å². The van der Waals surface area contributed by atoms with Crippen molar-refractivity contribution in [2.75, 3.05) is 0 Å². The topological polar surface area (TPSA) is 0 Å². The minimum atomic E-state index is 0. The first-order valence-electron chi connectivity index (χ1n) is 15.6. The fraction of sp³-hybridized carbons (Fsp3) is 0.833. The van der Waals surface area contributed by atoms with E-state index in [2.05, 4.69) is 110 Å². The van der Waals surface area contributed by atoms with Crippen molar-refractivity contribution in [1.29, 1.82) is 0 Å². The molecule has 226 valence electrons. The zero-order valence-electron chi connectivity index (χ0n) is 27.6. The maximum atomic E-state index is 2.75. The van der Waals surface area contributed by atoms with Gasteiger partial charge in [0, 0.05) is 0 Å². The standard InChI is InChI=1S/C36H66.2Sn.8H/c1-16-21-32(6,7)27-26-28(33(8,9)22-17-2)30(35(12,13)24-19-4)31(36(14,15)25-20-5)29(27)34(10,11)23-18-3;;;;;;;;;;/h26H,16-25H2,1-15H3;;;;;;;;;;. The summed E-state index contributed by atoms with van der Waals surface area (Å²) in [5.74, 6) is 0. The fourth-order valence-electron chi connectivity index (χ4n) is 7.60. The predicted octanol–water partition coefficient (Wildman–Crippen LogP) is 9.17. The molecule has 0 amide bonds. The van der Waals surface area contributed by atoms with Gasteiger partial charge in [-0.15, -0.1) is 0 Å². The third-order valence-electron chi connectivity index (χ3n) is 9.19. The molecule has 1 rings (SSSR count). The maximum absolute atomic E-state index is 2.75. The van der Waals surface area contributed by atoms with E-state index in [1.54, 1.807) is 27.8 Å². The molecule has 0 unspecified atom stereocenters. The summed E-state index contributed by atoms with van der Waals surface area (Å²) in [5.41, 5.74) is 9.21. The Labute approximate surface area is 275 Å². The fourth-order valence-corrected chi connectivity index (χ4v) is 7.60. The number of benzene rings is 1. The van der Waals surface area contributed by atoms with Gasteiger partial charge in [0.25, 0.3) is 0 Å². The van der Waals surface area contributed by atoms with Crippen molar-refractivity contribution < 1.29 is 0 Å². The average Bonchev–Trinajstić information content (AvgIpc) is 2.72. The minimum absolute atomic E-state index is 0. The molecule has 0 aliphatic heterocycles. The Kier molecular flexibility index (Phi) is 17.1. The van der Waals surface area contributed by atoms with Gasteiger partial charge in [0.05, 0.1) is 0 Å². The molecular formula is C36H74Sn2. The monoisotopic (exact) mass is 746 g/mol. The summed E-state index contributed by atoms with van der Waals surface area (Å²) in [6.45, 7) is 37.3. The molecule has 0 fully saturated rings. The molecule has 1 aromatic carbocycles. The van der Waals surface area contributed by atoms with Gasteiger partial charge in [0.1, 0.15) is 0 Å². The molecular weight excluding hydrogens is 670 g/mol. The van der Waals surface area contributed by atoms with E-state index in [0.717, 1.165) is 0 Å². The summed E-state index contributed by atoms with van der Waals surface area (Å²) in [4.78, 5) is 0. The molecule has 0 bridgehead atoms. The van der Waals surface area contributed by atoms with Crippen LogP contribution >= 0.6 is 0 Å². The van der Waals surface area contributed by atoms with Crippen LogP contribution in [0.4, 0.5) is 0 Å². The SMILES string of the molecule is CCCC(C)(C)c1cc(C(C)(C)CCC)c(C(C)(C)CCC)c(C(C)(C)CCC)c1C(C)(C)CCC.[SnH4].[SnH4]. The van der Waals surface area contributed by atoms with Gasteiger partial charge >= 0.3 is 47.8 Å². The number of hydrogen-bond acceptors (Lipinski definition) is 0. The molecule has 0 aliphatic carbocycles. The Morgan fingerprint density at radius 3 is 0.816 bits per heavy atom. The van der Waals surface area contributed by atoms with Crippen molar-refractivity contribution in [3.63, 3.8) is 0 Å². The Bertz CT molecular complexity index is 781. The van der Waals surface area contributed by atoms with Gasteiger partial charge in [-0.2, -0.15) is 0 Å². The van der Waals surface area contributed by atoms with Gasteiger partial charge in [-0.05, 0) is 87.0 Å². The first-order valence-corrected chi connectivity index (χ1v) is 15.6. The van der Waals surface area contributed by atoms with E-state index in [-0.39, 0.29) is 74.9 Å². The van der Waals surface area contributed by atoms with Gasteiger partial charge in [-0.3, -0.25) is 0 Å². The molecule has 0 aliphatic rings.